The number of piperidine rings is 1. The fourth-order valence-electron chi connectivity index (χ4n) is 4.70. The second-order valence-corrected chi connectivity index (χ2v) is 7.13. The lowest BCUT2D eigenvalue weighted by molar-refractivity contribution is -0.160. The highest BCUT2D eigenvalue weighted by atomic mass is 16.2. The van der Waals surface area contributed by atoms with Gasteiger partial charge in [-0.05, 0) is 32.1 Å². The van der Waals surface area contributed by atoms with Gasteiger partial charge in [0.2, 0.25) is 11.8 Å². The molecule has 4 heteroatoms. The molecule has 3 fully saturated rings. The summed E-state index contributed by atoms with van der Waals surface area (Å²) in [6.45, 7) is 1.84. The highest BCUT2D eigenvalue weighted by Gasteiger charge is 2.53. The van der Waals surface area contributed by atoms with Crippen molar-refractivity contribution >= 4 is 11.8 Å². The van der Waals surface area contributed by atoms with Crippen LogP contribution in [0.5, 0.6) is 0 Å². The Labute approximate surface area is 127 Å². The van der Waals surface area contributed by atoms with Gasteiger partial charge in [0, 0.05) is 32.6 Å². The molecule has 118 valence electrons. The number of fused-ring (bicyclic) bond motifs is 1. The molecule has 4 nitrogen and oxygen atoms in total. The Balaban J connectivity index is 1.84. The van der Waals surface area contributed by atoms with Gasteiger partial charge in [-0.1, -0.05) is 25.7 Å². The van der Waals surface area contributed by atoms with E-state index >= 15 is 0 Å². The Morgan fingerprint density at radius 2 is 1.76 bits per heavy atom. The van der Waals surface area contributed by atoms with Gasteiger partial charge in [0.15, 0.2) is 0 Å². The Kier molecular flexibility index (Phi) is 4.23. The van der Waals surface area contributed by atoms with Crippen LogP contribution in [0.4, 0.5) is 0 Å². The molecule has 0 aromatic carbocycles. The van der Waals surface area contributed by atoms with Crippen molar-refractivity contribution in [1.29, 1.82) is 0 Å². The van der Waals surface area contributed by atoms with E-state index in [9.17, 15) is 9.59 Å². The van der Waals surface area contributed by atoms with E-state index in [2.05, 4.69) is 4.90 Å². The first-order chi connectivity index (χ1) is 10.1. The van der Waals surface area contributed by atoms with Crippen LogP contribution in [0.3, 0.4) is 0 Å². The number of nitrogens with zero attached hydrogens (tertiary/aromatic N) is 2. The first-order valence-corrected chi connectivity index (χ1v) is 8.70. The Hall–Kier alpha value is -1.06. The number of amides is 2. The van der Waals surface area contributed by atoms with Gasteiger partial charge in [-0.25, -0.2) is 0 Å². The van der Waals surface area contributed by atoms with E-state index in [1.165, 1.54) is 12.8 Å². The second kappa shape index (κ2) is 5.98. The summed E-state index contributed by atoms with van der Waals surface area (Å²) in [5.41, 5.74) is -0.273. The SMILES string of the molecule is CN1C(=O)CC[C@]2(C(=O)N3CCCCCC3)CCCC[C@@H]12. The molecule has 1 aliphatic carbocycles. The summed E-state index contributed by atoms with van der Waals surface area (Å²) >= 11 is 0. The summed E-state index contributed by atoms with van der Waals surface area (Å²) in [5.74, 6) is 0.578. The topological polar surface area (TPSA) is 40.6 Å². The molecular weight excluding hydrogens is 264 g/mol. The van der Waals surface area contributed by atoms with Gasteiger partial charge < -0.3 is 9.80 Å². The zero-order valence-electron chi connectivity index (χ0n) is 13.3. The smallest absolute Gasteiger partial charge is 0.230 e. The van der Waals surface area contributed by atoms with Gasteiger partial charge in [-0.15, -0.1) is 0 Å². The van der Waals surface area contributed by atoms with E-state index in [1.54, 1.807) is 0 Å². The molecule has 0 N–H and O–H groups in total. The largest absolute Gasteiger partial charge is 0.342 e. The lowest BCUT2D eigenvalue weighted by atomic mass is 9.64. The van der Waals surface area contributed by atoms with Crippen molar-refractivity contribution in [2.75, 3.05) is 20.1 Å². The van der Waals surface area contributed by atoms with Gasteiger partial charge in [-0.3, -0.25) is 9.59 Å². The summed E-state index contributed by atoms with van der Waals surface area (Å²) in [6, 6.07) is 0.142. The van der Waals surface area contributed by atoms with Crippen LogP contribution in [-0.2, 0) is 9.59 Å². The monoisotopic (exact) mass is 292 g/mol. The first kappa shape index (κ1) is 14.9. The minimum Gasteiger partial charge on any atom is -0.342 e. The standard InChI is InChI=1S/C17H28N2O2/c1-18-14-8-4-5-10-17(14,11-9-15(18)20)16(21)19-12-6-2-3-7-13-19/h14H,2-13H2,1H3/t14-,17-/m1/s1. The molecule has 3 aliphatic rings. The zero-order valence-corrected chi connectivity index (χ0v) is 13.3. The van der Waals surface area contributed by atoms with E-state index in [4.69, 9.17) is 0 Å². The molecular formula is C17H28N2O2. The van der Waals surface area contributed by atoms with Crippen LogP contribution in [0.25, 0.3) is 0 Å². The number of likely N-dealkylation sites (tertiary alicyclic amines) is 2. The zero-order chi connectivity index (χ0) is 14.9. The second-order valence-electron chi connectivity index (χ2n) is 7.13. The average molecular weight is 292 g/mol. The van der Waals surface area contributed by atoms with Crippen LogP contribution < -0.4 is 0 Å². The van der Waals surface area contributed by atoms with Crippen LogP contribution in [0.2, 0.25) is 0 Å². The molecule has 0 aromatic rings. The van der Waals surface area contributed by atoms with Crippen molar-refractivity contribution in [3.05, 3.63) is 0 Å². The molecule has 3 rings (SSSR count). The summed E-state index contributed by atoms with van der Waals surface area (Å²) in [6.07, 6.45) is 10.4. The van der Waals surface area contributed by atoms with E-state index in [0.717, 1.165) is 58.0 Å². The van der Waals surface area contributed by atoms with Gasteiger partial charge in [0.25, 0.3) is 0 Å². The predicted octanol–water partition coefficient (Wildman–Crippen LogP) is 2.57. The molecule has 1 saturated carbocycles. The third-order valence-corrected chi connectivity index (χ3v) is 5.95. The van der Waals surface area contributed by atoms with E-state index in [0.29, 0.717) is 12.3 Å². The number of carbonyl (C=O) groups is 2. The minimum absolute atomic E-state index is 0.142. The Bertz CT molecular complexity index is 415. The number of hydrogen-bond acceptors (Lipinski definition) is 2. The highest BCUT2D eigenvalue weighted by Crippen LogP contribution is 2.47. The van der Waals surface area contributed by atoms with Crippen LogP contribution in [-0.4, -0.2) is 47.8 Å². The van der Waals surface area contributed by atoms with Gasteiger partial charge in [-0.2, -0.15) is 0 Å². The molecule has 0 aromatic heterocycles. The van der Waals surface area contributed by atoms with E-state index in [-0.39, 0.29) is 17.4 Å². The summed E-state index contributed by atoms with van der Waals surface area (Å²) in [7, 11) is 1.90. The number of hydrogen-bond donors (Lipinski definition) is 0. The van der Waals surface area contributed by atoms with E-state index in [1.807, 2.05) is 11.9 Å². The van der Waals surface area contributed by atoms with Crippen LogP contribution in [0, 0.1) is 5.41 Å². The van der Waals surface area contributed by atoms with Crippen molar-refractivity contribution < 1.29 is 9.59 Å². The molecule has 2 aliphatic heterocycles. The molecule has 0 spiro atoms. The first-order valence-electron chi connectivity index (χ1n) is 8.70. The lowest BCUT2D eigenvalue weighted by Gasteiger charge is -2.51. The minimum atomic E-state index is -0.273. The van der Waals surface area contributed by atoms with Crippen molar-refractivity contribution in [2.24, 2.45) is 5.41 Å². The maximum Gasteiger partial charge on any atom is 0.230 e. The lowest BCUT2D eigenvalue weighted by Crippen LogP contribution is -2.61. The molecule has 2 amide bonds. The third-order valence-electron chi connectivity index (χ3n) is 5.95. The van der Waals surface area contributed by atoms with E-state index < -0.39 is 0 Å². The maximum atomic E-state index is 13.3. The van der Waals surface area contributed by atoms with Crippen molar-refractivity contribution in [2.45, 2.75) is 70.3 Å². The van der Waals surface area contributed by atoms with Crippen LogP contribution >= 0.6 is 0 Å². The van der Waals surface area contributed by atoms with Crippen molar-refractivity contribution in [3.63, 3.8) is 0 Å². The molecule has 2 atom stereocenters. The van der Waals surface area contributed by atoms with Crippen molar-refractivity contribution in [1.82, 2.24) is 9.80 Å². The fraction of sp³-hybridized carbons (Fsp3) is 0.882. The fourth-order valence-corrected chi connectivity index (χ4v) is 4.70. The molecule has 2 heterocycles. The number of carbonyl (C=O) groups excluding carboxylic acids is 2. The molecule has 0 radical (unpaired) electrons. The summed E-state index contributed by atoms with van der Waals surface area (Å²) in [4.78, 5) is 29.4. The highest BCUT2D eigenvalue weighted by molar-refractivity contribution is 5.88. The number of rotatable bonds is 1. The molecule has 0 bridgehead atoms. The average Bonchev–Trinajstić information content (AvgIpc) is 2.79. The molecule has 21 heavy (non-hydrogen) atoms. The summed E-state index contributed by atoms with van der Waals surface area (Å²) < 4.78 is 0. The maximum absolute atomic E-state index is 13.3. The van der Waals surface area contributed by atoms with Crippen LogP contribution in [0.15, 0.2) is 0 Å². The molecule has 2 saturated heterocycles. The normalized spacial score (nSPS) is 34.3. The Morgan fingerprint density at radius 3 is 2.48 bits per heavy atom. The Morgan fingerprint density at radius 1 is 1.05 bits per heavy atom. The molecule has 0 unspecified atom stereocenters. The van der Waals surface area contributed by atoms with Gasteiger partial charge in [0.05, 0.1) is 5.41 Å². The van der Waals surface area contributed by atoms with Gasteiger partial charge >= 0.3 is 0 Å². The quantitative estimate of drug-likeness (QED) is 0.745. The van der Waals surface area contributed by atoms with Crippen LogP contribution in [0.1, 0.15) is 64.2 Å². The predicted molar refractivity (Wildman–Crippen MR) is 81.7 cm³/mol. The van der Waals surface area contributed by atoms with Crippen molar-refractivity contribution in [3.8, 4) is 0 Å². The third kappa shape index (κ3) is 2.58. The summed E-state index contributed by atoms with van der Waals surface area (Å²) in [5, 5.41) is 0. The van der Waals surface area contributed by atoms with Gasteiger partial charge in [0.1, 0.15) is 0 Å².